The normalized spacial score (nSPS) is 13.7. The third-order valence-corrected chi connectivity index (χ3v) is 8.74. The van der Waals surface area contributed by atoms with Gasteiger partial charge in [-0.25, -0.2) is 9.59 Å². The van der Waals surface area contributed by atoms with Crippen molar-refractivity contribution in [3.63, 3.8) is 0 Å². The summed E-state index contributed by atoms with van der Waals surface area (Å²) in [6, 6.07) is 29.0. The number of carboxylic acid groups (broad SMARTS) is 1. The van der Waals surface area contributed by atoms with E-state index in [0.29, 0.717) is 57.8 Å². The molecule has 0 aromatic heterocycles. The Morgan fingerprint density at radius 3 is 1.74 bits per heavy atom. The van der Waals surface area contributed by atoms with Crippen molar-refractivity contribution in [3.05, 3.63) is 108 Å². The van der Waals surface area contributed by atoms with Crippen molar-refractivity contribution < 1.29 is 29.0 Å². The van der Waals surface area contributed by atoms with Crippen LogP contribution in [-0.2, 0) is 33.7 Å². The molecule has 296 valence electrons. The minimum atomic E-state index is -0.890. The van der Waals surface area contributed by atoms with Crippen molar-refractivity contribution in [2.24, 2.45) is 5.92 Å². The van der Waals surface area contributed by atoms with Gasteiger partial charge < -0.3 is 41.2 Å². The highest BCUT2D eigenvalue weighted by Gasteiger charge is 2.23. The summed E-state index contributed by atoms with van der Waals surface area (Å²) in [4.78, 5) is 37.1. The number of amides is 2. The lowest BCUT2D eigenvalue weighted by Gasteiger charge is -2.29. The second-order valence-corrected chi connectivity index (χ2v) is 15.3. The Morgan fingerprint density at radius 2 is 1.19 bits per heavy atom. The van der Waals surface area contributed by atoms with Crippen molar-refractivity contribution in [1.29, 1.82) is 0 Å². The second kappa shape index (κ2) is 24.1. The molecular weight excluding hydrogens is 683 g/mol. The molecular formula is C43H63N5O6. The van der Waals surface area contributed by atoms with E-state index in [-0.39, 0.29) is 24.7 Å². The summed E-state index contributed by atoms with van der Waals surface area (Å²) >= 11 is 0. The number of hydrogen-bond donors (Lipinski definition) is 6. The van der Waals surface area contributed by atoms with Gasteiger partial charge in [-0.1, -0.05) is 105 Å². The highest BCUT2D eigenvalue weighted by molar-refractivity contribution is 5.73. The summed E-state index contributed by atoms with van der Waals surface area (Å²) < 4.78 is 10.9. The topological polar surface area (TPSA) is 150 Å². The molecule has 0 fully saturated rings. The molecule has 4 atom stereocenters. The molecule has 0 aliphatic rings. The lowest BCUT2D eigenvalue weighted by Crippen LogP contribution is -2.52. The van der Waals surface area contributed by atoms with Gasteiger partial charge in [-0.3, -0.25) is 4.79 Å². The minimum Gasteiger partial charge on any atom is -0.480 e. The first-order valence-electron chi connectivity index (χ1n) is 19.3. The van der Waals surface area contributed by atoms with Gasteiger partial charge in [-0.2, -0.15) is 0 Å². The Hall–Kier alpha value is -4.45. The molecule has 11 nitrogen and oxygen atoms in total. The number of rotatable bonds is 24. The van der Waals surface area contributed by atoms with Crippen LogP contribution < -0.4 is 26.6 Å². The first-order chi connectivity index (χ1) is 25.9. The van der Waals surface area contributed by atoms with Gasteiger partial charge in [0.25, 0.3) is 0 Å². The number of unbranched alkanes of at least 4 members (excludes halogenated alkanes) is 1. The van der Waals surface area contributed by atoms with Gasteiger partial charge in [-0.15, -0.1) is 0 Å². The van der Waals surface area contributed by atoms with E-state index in [9.17, 15) is 19.5 Å². The molecule has 2 amide bonds. The maximum Gasteiger partial charge on any atom is 0.407 e. The molecule has 0 unspecified atom stereocenters. The lowest BCUT2D eigenvalue weighted by molar-refractivity contribution is -0.139. The summed E-state index contributed by atoms with van der Waals surface area (Å²) in [6.45, 7) is 12.2. The van der Waals surface area contributed by atoms with Gasteiger partial charge in [0, 0.05) is 44.3 Å². The number of aliphatic carboxylic acids is 1. The van der Waals surface area contributed by atoms with Crippen LogP contribution in [0.5, 0.6) is 0 Å². The Balaban J connectivity index is 1.56. The van der Waals surface area contributed by atoms with Gasteiger partial charge in [0.05, 0.1) is 0 Å². The number of ether oxygens (including phenoxy) is 2. The van der Waals surface area contributed by atoms with Crippen molar-refractivity contribution in [1.82, 2.24) is 26.6 Å². The number of benzene rings is 3. The van der Waals surface area contributed by atoms with Crippen LogP contribution in [0.3, 0.4) is 0 Å². The van der Waals surface area contributed by atoms with Crippen LogP contribution in [0.4, 0.5) is 9.59 Å². The summed E-state index contributed by atoms with van der Waals surface area (Å²) in [5, 5.41) is 26.6. The number of carbonyl (C=O) groups excluding carboxylic acids is 2. The molecule has 0 spiro atoms. The maximum absolute atomic E-state index is 12.8. The standard InChI is InChI=1S/C43H63N5O6/c1-32(2)25-36(29-47-39(40(49)50)23-15-16-24-44-41(51)53-31-35-21-13-8-14-22-35)45-28-37(26-33-17-9-6-10-18-33)46-30-38(27-34-19-11-7-12-20-34)48-42(52)54-43(3,4)5/h6-14,17-22,32,36-39,45-47H,15-16,23-31H2,1-5H3,(H,44,51)(H,48,52)(H,49,50)/t36-,37-,38-,39-/m1/s1. The quantitative estimate of drug-likeness (QED) is 0.0568. The van der Waals surface area contributed by atoms with Crippen LogP contribution in [0.2, 0.25) is 0 Å². The predicted octanol–water partition coefficient (Wildman–Crippen LogP) is 6.47. The Kier molecular flexibility index (Phi) is 19.6. The van der Waals surface area contributed by atoms with Crippen LogP contribution in [-0.4, -0.2) is 79.2 Å². The summed E-state index contributed by atoms with van der Waals surface area (Å²) in [6.07, 6.45) is 3.06. The molecule has 3 aromatic carbocycles. The van der Waals surface area contributed by atoms with Crippen molar-refractivity contribution in [3.8, 4) is 0 Å². The Bertz CT molecular complexity index is 1490. The number of alkyl carbamates (subject to hydrolysis) is 2. The van der Waals surface area contributed by atoms with Crippen LogP contribution in [0, 0.1) is 5.92 Å². The molecule has 11 heteroatoms. The summed E-state index contributed by atoms with van der Waals surface area (Å²) in [7, 11) is 0. The zero-order valence-corrected chi connectivity index (χ0v) is 32.8. The van der Waals surface area contributed by atoms with E-state index in [2.05, 4.69) is 64.7 Å². The molecule has 6 N–H and O–H groups in total. The second-order valence-electron chi connectivity index (χ2n) is 15.3. The number of carboxylic acids is 1. The average molecular weight is 746 g/mol. The molecule has 0 aliphatic heterocycles. The van der Waals surface area contributed by atoms with Crippen molar-refractivity contribution >= 4 is 18.2 Å². The molecule has 3 rings (SSSR count). The Labute approximate surface area is 322 Å². The maximum atomic E-state index is 12.8. The number of carbonyl (C=O) groups is 3. The zero-order chi connectivity index (χ0) is 39.2. The van der Waals surface area contributed by atoms with Crippen molar-refractivity contribution in [2.75, 3.05) is 26.2 Å². The molecule has 0 radical (unpaired) electrons. The molecule has 0 saturated carbocycles. The molecule has 0 heterocycles. The van der Waals surface area contributed by atoms with E-state index < -0.39 is 29.8 Å². The third-order valence-electron chi connectivity index (χ3n) is 8.74. The Morgan fingerprint density at radius 1 is 0.667 bits per heavy atom. The minimum absolute atomic E-state index is 0.0305. The highest BCUT2D eigenvalue weighted by atomic mass is 16.6. The average Bonchev–Trinajstić information content (AvgIpc) is 3.12. The van der Waals surface area contributed by atoms with E-state index in [1.165, 1.54) is 5.56 Å². The van der Waals surface area contributed by atoms with E-state index in [1.807, 2.05) is 87.5 Å². The first-order valence-corrected chi connectivity index (χ1v) is 19.3. The van der Waals surface area contributed by atoms with Gasteiger partial charge in [-0.05, 0) is 81.9 Å². The van der Waals surface area contributed by atoms with E-state index in [0.717, 1.165) is 24.0 Å². The van der Waals surface area contributed by atoms with Gasteiger partial charge in [0.1, 0.15) is 18.2 Å². The summed E-state index contributed by atoms with van der Waals surface area (Å²) in [5.41, 5.74) is 2.62. The monoisotopic (exact) mass is 745 g/mol. The SMILES string of the molecule is CC(C)C[C@H](CN[C@H](CCCCNC(=O)OCc1ccccc1)C(=O)O)NC[C@@H](Cc1ccccc1)NC[C@@H](Cc1ccccc1)NC(=O)OC(C)(C)C. The smallest absolute Gasteiger partial charge is 0.407 e. The van der Waals surface area contributed by atoms with Crippen LogP contribution in [0.25, 0.3) is 0 Å². The molecule has 0 aliphatic carbocycles. The van der Waals surface area contributed by atoms with Crippen LogP contribution in [0.15, 0.2) is 91.0 Å². The lowest BCUT2D eigenvalue weighted by atomic mass is 10.0. The fourth-order valence-corrected chi connectivity index (χ4v) is 6.12. The van der Waals surface area contributed by atoms with Crippen LogP contribution in [0.1, 0.15) is 77.0 Å². The summed E-state index contributed by atoms with van der Waals surface area (Å²) in [5.74, 6) is -0.492. The van der Waals surface area contributed by atoms with E-state index in [4.69, 9.17) is 9.47 Å². The molecule has 3 aromatic rings. The largest absolute Gasteiger partial charge is 0.480 e. The van der Waals surface area contributed by atoms with E-state index >= 15 is 0 Å². The zero-order valence-electron chi connectivity index (χ0n) is 32.8. The number of nitrogens with one attached hydrogen (secondary N) is 5. The van der Waals surface area contributed by atoms with Crippen LogP contribution >= 0.6 is 0 Å². The fraction of sp³-hybridized carbons (Fsp3) is 0.512. The third kappa shape index (κ3) is 19.6. The predicted molar refractivity (Wildman–Crippen MR) is 214 cm³/mol. The molecule has 0 saturated heterocycles. The van der Waals surface area contributed by atoms with Crippen molar-refractivity contribution in [2.45, 2.75) is 110 Å². The van der Waals surface area contributed by atoms with E-state index in [1.54, 1.807) is 0 Å². The van der Waals surface area contributed by atoms with Gasteiger partial charge in [0.15, 0.2) is 0 Å². The highest BCUT2D eigenvalue weighted by Crippen LogP contribution is 2.11. The first kappa shape index (κ1) is 44.0. The van der Waals surface area contributed by atoms with Gasteiger partial charge in [0.2, 0.25) is 0 Å². The molecule has 0 bridgehead atoms. The van der Waals surface area contributed by atoms with Gasteiger partial charge >= 0.3 is 18.2 Å². The molecule has 54 heavy (non-hydrogen) atoms. The fourth-order valence-electron chi connectivity index (χ4n) is 6.12. The number of hydrogen-bond acceptors (Lipinski definition) is 8.